The number of halogens is 4. The predicted octanol–water partition coefficient (Wildman–Crippen LogP) is 2.16. The molecule has 0 unspecified atom stereocenters. The van der Waals surface area contributed by atoms with Gasteiger partial charge >= 0.3 is 0 Å². The molecule has 8 heavy (non-hydrogen) atoms. The molecule has 0 saturated carbocycles. The maximum Gasteiger partial charge on any atom is 0.258 e. The number of rotatable bonds is 2. The van der Waals surface area contributed by atoms with E-state index in [0.29, 0.717) is 0 Å². The molecule has 1 nitrogen and oxygen atoms in total. The lowest BCUT2D eigenvalue weighted by molar-refractivity contribution is -0.111. The van der Waals surface area contributed by atoms with Crippen LogP contribution in [-0.2, 0) is 4.79 Å². The Bertz CT molecular complexity index is 99.5. The van der Waals surface area contributed by atoms with Crippen LogP contribution in [0.3, 0.4) is 0 Å². The zero-order valence-corrected chi connectivity index (χ0v) is 6.65. The highest BCUT2D eigenvalue weighted by Gasteiger charge is 2.30. The van der Waals surface area contributed by atoms with Crippen molar-refractivity contribution < 1.29 is 4.79 Å². The standard InChI is InChI=1S/C3H2Cl4O/c4-1-3(6,7)2(5)8/h1H2. The van der Waals surface area contributed by atoms with Crippen molar-refractivity contribution in [1.29, 1.82) is 0 Å². The first-order chi connectivity index (χ1) is 3.50. The Morgan fingerprint density at radius 1 is 1.50 bits per heavy atom. The van der Waals surface area contributed by atoms with Crippen molar-refractivity contribution in [2.45, 2.75) is 4.33 Å². The first kappa shape index (κ1) is 8.83. The molecule has 0 aliphatic rings. The molecule has 0 aromatic carbocycles. The van der Waals surface area contributed by atoms with E-state index in [2.05, 4.69) is 0 Å². The Morgan fingerprint density at radius 3 is 1.88 bits per heavy atom. The maximum atomic E-state index is 10.1. The molecule has 0 aromatic heterocycles. The second kappa shape index (κ2) is 3.11. The molecule has 0 saturated heterocycles. The second-order valence-electron chi connectivity index (χ2n) is 1.11. The molecule has 0 N–H and O–H groups in total. The summed E-state index contributed by atoms with van der Waals surface area (Å²) in [7, 11) is 0. The van der Waals surface area contributed by atoms with Gasteiger partial charge in [-0.1, -0.05) is 23.2 Å². The fourth-order valence-electron chi connectivity index (χ4n) is 0.0525. The predicted molar refractivity (Wildman–Crippen MR) is 36.0 cm³/mol. The number of carbonyl (C=O) groups is 1. The van der Waals surface area contributed by atoms with Gasteiger partial charge in [0, 0.05) is 0 Å². The van der Waals surface area contributed by atoms with Crippen LogP contribution in [-0.4, -0.2) is 15.5 Å². The lowest BCUT2D eigenvalue weighted by Gasteiger charge is -2.07. The van der Waals surface area contributed by atoms with E-state index in [4.69, 9.17) is 46.4 Å². The van der Waals surface area contributed by atoms with Crippen LogP contribution in [0, 0.1) is 0 Å². The molecule has 0 rings (SSSR count). The van der Waals surface area contributed by atoms with Gasteiger partial charge in [0.05, 0.1) is 5.88 Å². The first-order valence-corrected chi connectivity index (χ1v) is 3.31. The van der Waals surface area contributed by atoms with Gasteiger partial charge in [-0.3, -0.25) is 4.79 Å². The van der Waals surface area contributed by atoms with Crippen LogP contribution >= 0.6 is 46.4 Å². The zero-order chi connectivity index (χ0) is 6.78. The summed E-state index contributed by atoms with van der Waals surface area (Å²) < 4.78 is -1.62. The van der Waals surface area contributed by atoms with Gasteiger partial charge in [0.1, 0.15) is 0 Å². The third-order valence-electron chi connectivity index (χ3n) is 0.455. The van der Waals surface area contributed by atoms with Gasteiger partial charge in [-0.05, 0) is 11.6 Å². The summed E-state index contributed by atoms with van der Waals surface area (Å²) >= 11 is 20.4. The highest BCUT2D eigenvalue weighted by molar-refractivity contribution is 6.79. The molecule has 0 fully saturated rings. The summed E-state index contributed by atoms with van der Waals surface area (Å²) in [6, 6.07) is 0. The third kappa shape index (κ3) is 2.40. The van der Waals surface area contributed by atoms with Gasteiger partial charge in [0.2, 0.25) is 4.33 Å². The largest absolute Gasteiger partial charge is 0.278 e. The minimum absolute atomic E-state index is 0.196. The molecule has 0 aliphatic heterocycles. The van der Waals surface area contributed by atoms with Gasteiger partial charge in [0.25, 0.3) is 5.24 Å². The number of carbonyl (C=O) groups excluding carboxylic acids is 1. The van der Waals surface area contributed by atoms with Crippen LogP contribution in [0.25, 0.3) is 0 Å². The molecule has 0 bridgehead atoms. The third-order valence-corrected chi connectivity index (χ3v) is 2.26. The van der Waals surface area contributed by atoms with E-state index in [1.165, 1.54) is 0 Å². The minimum atomic E-state index is -1.62. The van der Waals surface area contributed by atoms with Crippen LogP contribution in [0.15, 0.2) is 0 Å². The average molecular weight is 196 g/mol. The van der Waals surface area contributed by atoms with Crippen LogP contribution in [0.2, 0.25) is 0 Å². The molecule has 0 amide bonds. The fourth-order valence-corrected chi connectivity index (χ4v) is 0.309. The molecule has 0 spiro atoms. The monoisotopic (exact) mass is 194 g/mol. The summed E-state index contributed by atoms with van der Waals surface area (Å²) in [5.41, 5.74) is 0. The summed E-state index contributed by atoms with van der Waals surface area (Å²) in [5, 5.41) is -0.851. The molecule has 0 aliphatic carbocycles. The van der Waals surface area contributed by atoms with Crippen LogP contribution in [0.1, 0.15) is 0 Å². The minimum Gasteiger partial charge on any atom is -0.278 e. The molecule has 0 atom stereocenters. The Balaban J connectivity index is 3.91. The van der Waals surface area contributed by atoms with E-state index < -0.39 is 9.58 Å². The summed E-state index contributed by atoms with van der Waals surface area (Å²) in [6.07, 6.45) is 0. The van der Waals surface area contributed by atoms with Gasteiger partial charge in [0.15, 0.2) is 0 Å². The van der Waals surface area contributed by atoms with Crippen molar-refractivity contribution in [3.8, 4) is 0 Å². The van der Waals surface area contributed by atoms with E-state index in [9.17, 15) is 4.79 Å². The van der Waals surface area contributed by atoms with Crippen molar-refractivity contribution in [3.05, 3.63) is 0 Å². The van der Waals surface area contributed by atoms with Crippen LogP contribution in [0.5, 0.6) is 0 Å². The van der Waals surface area contributed by atoms with E-state index in [0.717, 1.165) is 0 Å². The van der Waals surface area contributed by atoms with Crippen molar-refractivity contribution in [1.82, 2.24) is 0 Å². The van der Waals surface area contributed by atoms with E-state index >= 15 is 0 Å². The fraction of sp³-hybridized carbons (Fsp3) is 0.667. The van der Waals surface area contributed by atoms with Crippen LogP contribution in [0.4, 0.5) is 0 Å². The average Bonchev–Trinajstić information content (AvgIpc) is 1.67. The van der Waals surface area contributed by atoms with Crippen molar-refractivity contribution in [2.75, 3.05) is 5.88 Å². The molecule has 48 valence electrons. The Morgan fingerprint density at radius 2 is 1.88 bits per heavy atom. The van der Waals surface area contributed by atoms with Crippen molar-refractivity contribution in [2.24, 2.45) is 0 Å². The smallest absolute Gasteiger partial charge is 0.258 e. The lowest BCUT2D eigenvalue weighted by Crippen LogP contribution is -2.22. The molecule has 0 radical (unpaired) electrons. The summed E-state index contributed by atoms with van der Waals surface area (Å²) in [4.78, 5) is 10.1. The molecule has 0 heterocycles. The number of hydrogen-bond donors (Lipinski definition) is 0. The Kier molecular flexibility index (Phi) is 3.44. The van der Waals surface area contributed by atoms with Gasteiger partial charge in [-0.25, -0.2) is 0 Å². The second-order valence-corrected chi connectivity index (χ2v) is 3.21. The zero-order valence-electron chi connectivity index (χ0n) is 3.63. The Hall–Kier alpha value is 0.830. The highest BCUT2D eigenvalue weighted by Crippen LogP contribution is 2.24. The highest BCUT2D eigenvalue weighted by atomic mass is 35.5. The molecule has 5 heteroatoms. The van der Waals surface area contributed by atoms with E-state index in [1.54, 1.807) is 0 Å². The summed E-state index contributed by atoms with van der Waals surface area (Å²) in [5.74, 6) is -0.196. The van der Waals surface area contributed by atoms with E-state index in [-0.39, 0.29) is 5.88 Å². The van der Waals surface area contributed by atoms with Gasteiger partial charge in [-0.2, -0.15) is 0 Å². The van der Waals surface area contributed by atoms with Crippen LogP contribution < -0.4 is 0 Å². The Labute approximate surface area is 66.8 Å². The van der Waals surface area contributed by atoms with E-state index in [1.807, 2.05) is 0 Å². The van der Waals surface area contributed by atoms with Gasteiger partial charge in [-0.15, -0.1) is 11.6 Å². The quantitative estimate of drug-likeness (QED) is 0.488. The van der Waals surface area contributed by atoms with Gasteiger partial charge < -0.3 is 0 Å². The number of hydrogen-bond acceptors (Lipinski definition) is 1. The molecular weight excluding hydrogens is 194 g/mol. The van der Waals surface area contributed by atoms with Crippen molar-refractivity contribution >= 4 is 51.6 Å². The SMILES string of the molecule is O=C(Cl)C(Cl)(Cl)CCl. The first-order valence-electron chi connectivity index (χ1n) is 1.64. The maximum absolute atomic E-state index is 10.1. The lowest BCUT2D eigenvalue weighted by atomic mass is 10.5. The topological polar surface area (TPSA) is 17.1 Å². The van der Waals surface area contributed by atoms with Crippen molar-refractivity contribution in [3.63, 3.8) is 0 Å². The number of alkyl halides is 3. The normalized spacial score (nSPS) is 11.5. The summed E-state index contributed by atoms with van der Waals surface area (Å²) in [6.45, 7) is 0. The molecular formula is C3H2Cl4O. The molecule has 0 aromatic rings.